The Morgan fingerprint density at radius 2 is 1.86 bits per heavy atom. The van der Waals surface area contributed by atoms with Gasteiger partial charge in [-0.05, 0) is 54.7 Å². The lowest BCUT2D eigenvalue weighted by Gasteiger charge is -2.11. The summed E-state index contributed by atoms with van der Waals surface area (Å²) in [6, 6.07) is 13.6. The fraction of sp³-hybridized carbons (Fsp3) is 0.364. The van der Waals surface area contributed by atoms with Gasteiger partial charge in [0.05, 0.1) is 19.4 Å². The van der Waals surface area contributed by atoms with Crippen LogP contribution >= 0.6 is 11.8 Å². The van der Waals surface area contributed by atoms with Crippen molar-refractivity contribution in [3.63, 3.8) is 0 Å². The third kappa shape index (κ3) is 6.42. The first-order chi connectivity index (χ1) is 14.2. The topological polar surface area (TPSA) is 73.9 Å². The number of ether oxygens (including phenoxy) is 3. The molecule has 1 aliphatic carbocycles. The van der Waals surface area contributed by atoms with E-state index in [0.717, 1.165) is 17.7 Å². The first-order valence-electron chi connectivity index (χ1n) is 9.58. The number of amides is 1. The van der Waals surface area contributed by atoms with Gasteiger partial charge in [0, 0.05) is 4.90 Å². The quantitative estimate of drug-likeness (QED) is 0.365. The number of nitrogens with one attached hydrogen (secondary N) is 1. The van der Waals surface area contributed by atoms with Gasteiger partial charge in [0.2, 0.25) is 0 Å². The van der Waals surface area contributed by atoms with Crippen molar-refractivity contribution in [3.05, 3.63) is 53.6 Å². The second-order valence-electron chi connectivity index (χ2n) is 6.58. The van der Waals surface area contributed by atoms with Gasteiger partial charge in [0.25, 0.3) is 5.91 Å². The van der Waals surface area contributed by atoms with E-state index < -0.39 is 5.97 Å². The van der Waals surface area contributed by atoms with Crippen molar-refractivity contribution < 1.29 is 23.8 Å². The Morgan fingerprint density at radius 1 is 1.07 bits per heavy atom. The molecule has 6 nitrogen and oxygen atoms in total. The van der Waals surface area contributed by atoms with Crippen LogP contribution in [0.1, 0.15) is 17.5 Å². The molecule has 2 aromatic carbocycles. The molecule has 0 bridgehead atoms. The summed E-state index contributed by atoms with van der Waals surface area (Å²) >= 11 is 1.43. The van der Waals surface area contributed by atoms with E-state index >= 15 is 0 Å². The smallest absolute Gasteiger partial charge is 0.316 e. The summed E-state index contributed by atoms with van der Waals surface area (Å²) < 4.78 is 15.8. The fourth-order valence-electron chi connectivity index (χ4n) is 3.11. The largest absolute Gasteiger partial charge is 0.493 e. The molecule has 3 rings (SSSR count). The molecule has 1 amide bonds. The SMILES string of the molecule is COc1ccccc1OCCNC(=O)COC(=O)CSc1ccc2c(c1)CCC2. The Bertz CT molecular complexity index is 855. The Hall–Kier alpha value is -2.67. The number of benzene rings is 2. The molecule has 0 fully saturated rings. The number of carbonyl (C=O) groups excluding carboxylic acids is 2. The number of thioether (sulfide) groups is 1. The van der Waals surface area contributed by atoms with Crippen LogP contribution in [-0.2, 0) is 27.2 Å². The van der Waals surface area contributed by atoms with Crippen LogP contribution in [0.15, 0.2) is 47.4 Å². The molecule has 2 aromatic rings. The number of aryl methyl sites for hydroxylation is 2. The molecule has 0 aromatic heterocycles. The summed E-state index contributed by atoms with van der Waals surface area (Å²) in [4.78, 5) is 24.7. The molecule has 154 valence electrons. The van der Waals surface area contributed by atoms with Gasteiger partial charge in [-0.15, -0.1) is 11.8 Å². The van der Waals surface area contributed by atoms with E-state index in [9.17, 15) is 9.59 Å². The molecule has 0 atom stereocenters. The second kappa shape index (κ2) is 10.8. The third-order valence-corrected chi connectivity index (χ3v) is 5.51. The van der Waals surface area contributed by atoms with Crippen LogP contribution in [0, 0.1) is 0 Å². The van der Waals surface area contributed by atoms with Crippen LogP contribution in [0.3, 0.4) is 0 Å². The number of esters is 1. The molecule has 1 N–H and O–H groups in total. The molecule has 1 aliphatic rings. The lowest BCUT2D eigenvalue weighted by atomic mass is 10.1. The van der Waals surface area contributed by atoms with Crippen molar-refractivity contribution in [2.24, 2.45) is 0 Å². The summed E-state index contributed by atoms with van der Waals surface area (Å²) in [7, 11) is 1.57. The lowest BCUT2D eigenvalue weighted by Crippen LogP contribution is -2.32. The van der Waals surface area contributed by atoms with E-state index in [4.69, 9.17) is 14.2 Å². The maximum atomic E-state index is 11.9. The van der Waals surface area contributed by atoms with Crippen molar-refractivity contribution in [2.75, 3.05) is 32.6 Å². The normalized spacial score (nSPS) is 12.2. The zero-order valence-corrected chi connectivity index (χ0v) is 17.3. The number of hydrogen-bond acceptors (Lipinski definition) is 6. The first kappa shape index (κ1) is 21.0. The minimum absolute atomic E-state index is 0.184. The molecule has 0 heterocycles. The number of fused-ring (bicyclic) bond motifs is 1. The van der Waals surface area contributed by atoms with E-state index in [1.165, 1.54) is 29.3 Å². The molecule has 7 heteroatoms. The predicted octanol–water partition coefficient (Wildman–Crippen LogP) is 3.01. The van der Waals surface area contributed by atoms with E-state index in [1.807, 2.05) is 18.2 Å². The Morgan fingerprint density at radius 3 is 2.69 bits per heavy atom. The summed E-state index contributed by atoms with van der Waals surface area (Å²) in [5.41, 5.74) is 2.78. The minimum Gasteiger partial charge on any atom is -0.493 e. The van der Waals surface area contributed by atoms with Gasteiger partial charge in [-0.3, -0.25) is 9.59 Å². The summed E-state index contributed by atoms with van der Waals surface area (Å²) in [5, 5.41) is 2.66. The van der Waals surface area contributed by atoms with E-state index in [2.05, 4.69) is 17.4 Å². The fourth-order valence-corrected chi connectivity index (χ4v) is 3.87. The monoisotopic (exact) mass is 415 g/mol. The molecule has 0 radical (unpaired) electrons. The highest BCUT2D eigenvalue weighted by Crippen LogP contribution is 2.27. The highest BCUT2D eigenvalue weighted by atomic mass is 32.2. The summed E-state index contributed by atoms with van der Waals surface area (Å²) in [6.07, 6.45) is 3.45. The van der Waals surface area contributed by atoms with E-state index in [0.29, 0.717) is 18.0 Å². The summed E-state index contributed by atoms with van der Waals surface area (Å²) in [5.74, 6) is 0.663. The van der Waals surface area contributed by atoms with Crippen LogP contribution < -0.4 is 14.8 Å². The average molecular weight is 416 g/mol. The van der Waals surface area contributed by atoms with Gasteiger partial charge in [-0.1, -0.05) is 18.2 Å². The molecule has 0 aliphatic heterocycles. The van der Waals surface area contributed by atoms with E-state index in [1.54, 1.807) is 19.2 Å². The molecular formula is C22H25NO5S. The van der Waals surface area contributed by atoms with Crippen molar-refractivity contribution >= 4 is 23.6 Å². The number of rotatable bonds is 10. The van der Waals surface area contributed by atoms with Gasteiger partial charge >= 0.3 is 5.97 Å². The zero-order chi connectivity index (χ0) is 20.5. The van der Waals surface area contributed by atoms with E-state index in [-0.39, 0.29) is 24.9 Å². The number of methoxy groups -OCH3 is 1. The number of carbonyl (C=O) groups is 2. The zero-order valence-electron chi connectivity index (χ0n) is 16.4. The van der Waals surface area contributed by atoms with Crippen molar-refractivity contribution in [3.8, 4) is 11.5 Å². The minimum atomic E-state index is -0.407. The third-order valence-electron chi connectivity index (χ3n) is 4.54. The predicted molar refractivity (Wildman–Crippen MR) is 112 cm³/mol. The van der Waals surface area contributed by atoms with Gasteiger partial charge < -0.3 is 19.5 Å². The molecule has 0 saturated carbocycles. The highest BCUT2D eigenvalue weighted by molar-refractivity contribution is 8.00. The standard InChI is InChI=1S/C22H25NO5S/c1-26-19-7-2-3-8-20(19)27-12-11-23-21(24)14-28-22(25)15-29-18-10-9-16-5-4-6-17(16)13-18/h2-3,7-10,13H,4-6,11-12,14-15H2,1H3,(H,23,24). The Kier molecular flexibility index (Phi) is 7.81. The Labute approximate surface area is 174 Å². The molecule has 0 unspecified atom stereocenters. The molecule has 0 spiro atoms. The van der Waals surface area contributed by atoms with Crippen LogP contribution in [0.2, 0.25) is 0 Å². The van der Waals surface area contributed by atoms with Crippen LogP contribution in [-0.4, -0.2) is 44.5 Å². The lowest BCUT2D eigenvalue weighted by molar-refractivity contribution is -0.145. The van der Waals surface area contributed by atoms with Crippen molar-refractivity contribution in [2.45, 2.75) is 24.2 Å². The average Bonchev–Trinajstić information content (AvgIpc) is 3.22. The first-order valence-corrected chi connectivity index (χ1v) is 10.6. The van der Waals surface area contributed by atoms with Crippen LogP contribution in [0.4, 0.5) is 0 Å². The number of hydrogen-bond donors (Lipinski definition) is 1. The molecule has 0 saturated heterocycles. The number of para-hydroxylation sites is 2. The van der Waals surface area contributed by atoms with Gasteiger partial charge in [-0.2, -0.15) is 0 Å². The highest BCUT2D eigenvalue weighted by Gasteiger charge is 2.13. The van der Waals surface area contributed by atoms with Crippen LogP contribution in [0.5, 0.6) is 11.5 Å². The maximum Gasteiger partial charge on any atom is 0.316 e. The van der Waals surface area contributed by atoms with Crippen molar-refractivity contribution in [1.29, 1.82) is 0 Å². The molecule has 29 heavy (non-hydrogen) atoms. The van der Waals surface area contributed by atoms with Crippen molar-refractivity contribution in [1.82, 2.24) is 5.32 Å². The van der Waals surface area contributed by atoms with Gasteiger partial charge in [0.15, 0.2) is 18.1 Å². The summed E-state index contributed by atoms with van der Waals surface area (Å²) in [6.45, 7) is 0.296. The van der Waals surface area contributed by atoms with Gasteiger partial charge in [-0.25, -0.2) is 0 Å². The maximum absolute atomic E-state index is 11.9. The second-order valence-corrected chi connectivity index (χ2v) is 7.63. The Balaban J connectivity index is 1.29. The van der Waals surface area contributed by atoms with Crippen LogP contribution in [0.25, 0.3) is 0 Å². The molecular weight excluding hydrogens is 390 g/mol. The van der Waals surface area contributed by atoms with Gasteiger partial charge in [0.1, 0.15) is 6.61 Å².